The highest BCUT2D eigenvalue weighted by Gasteiger charge is 2.29. The molecule has 1 rings (SSSR count). The first-order chi connectivity index (χ1) is 12.1. The maximum atomic E-state index is 13.4. The number of carbonyl (C=O) groups is 3. The number of amides is 2. The van der Waals surface area contributed by atoms with Gasteiger partial charge in [0.25, 0.3) is 0 Å². The van der Waals surface area contributed by atoms with Crippen LogP contribution in [0, 0.1) is 6.42 Å². The van der Waals surface area contributed by atoms with Gasteiger partial charge in [-0.1, -0.05) is 19.0 Å². The number of Topliss-reactive ketones (excluding diaryl/α,β-unsaturated/α-hetero) is 1. The Morgan fingerprint density at radius 1 is 1.35 bits per heavy atom. The smallest absolute Gasteiger partial charge is 0.249 e. The van der Waals surface area contributed by atoms with E-state index >= 15 is 0 Å². The van der Waals surface area contributed by atoms with E-state index in [1.165, 1.54) is 0 Å². The van der Waals surface area contributed by atoms with Gasteiger partial charge in [0.05, 0.1) is 6.42 Å². The van der Waals surface area contributed by atoms with Gasteiger partial charge in [0.2, 0.25) is 17.7 Å². The maximum absolute atomic E-state index is 13.4. The molecule has 0 aromatic carbocycles. The summed E-state index contributed by atoms with van der Waals surface area (Å²) >= 11 is 0. The molecule has 26 heavy (non-hydrogen) atoms. The molecule has 3 N–H and O–H groups in total. The van der Waals surface area contributed by atoms with Crippen LogP contribution in [0.2, 0.25) is 0 Å². The first kappa shape index (κ1) is 21.7. The summed E-state index contributed by atoms with van der Waals surface area (Å²) in [7, 11) is 0. The molecule has 1 aromatic heterocycles. The van der Waals surface area contributed by atoms with Crippen molar-refractivity contribution in [2.24, 2.45) is 5.73 Å². The molecule has 0 atom stereocenters. The van der Waals surface area contributed by atoms with Gasteiger partial charge in [0.1, 0.15) is 11.5 Å². The van der Waals surface area contributed by atoms with E-state index in [2.05, 4.69) is 10.5 Å². The van der Waals surface area contributed by atoms with Crippen LogP contribution in [0.1, 0.15) is 68.1 Å². The normalized spacial score (nSPS) is 11.6. The first-order valence-corrected chi connectivity index (χ1v) is 8.37. The number of alkyl halides is 2. The van der Waals surface area contributed by atoms with Gasteiger partial charge in [-0.3, -0.25) is 14.4 Å². The van der Waals surface area contributed by atoms with E-state index in [4.69, 9.17) is 10.3 Å². The van der Waals surface area contributed by atoms with Gasteiger partial charge in [-0.2, -0.15) is 0 Å². The van der Waals surface area contributed by atoms with Crippen molar-refractivity contribution >= 4 is 17.6 Å². The van der Waals surface area contributed by atoms with Gasteiger partial charge >= 0.3 is 0 Å². The fourth-order valence-corrected chi connectivity index (χ4v) is 2.00. The minimum Gasteiger partial charge on any atom is -0.370 e. The lowest BCUT2D eigenvalue weighted by atomic mass is 10.1. The van der Waals surface area contributed by atoms with Crippen molar-refractivity contribution in [3.63, 3.8) is 0 Å². The lowest BCUT2D eigenvalue weighted by Gasteiger charge is -2.14. The SMILES string of the molecule is CC(C)c1cc(C(=O)CCCNC(=O)[CH]CC(F)(F)CCC(N)=O)no1. The molecule has 7 nitrogen and oxygen atoms in total. The molecule has 2 amide bonds. The molecule has 0 spiro atoms. The van der Waals surface area contributed by atoms with Gasteiger partial charge in [0.15, 0.2) is 5.78 Å². The number of rotatable bonds is 12. The number of primary amides is 1. The lowest BCUT2D eigenvalue weighted by Crippen LogP contribution is -2.28. The van der Waals surface area contributed by atoms with E-state index in [-0.39, 0.29) is 30.4 Å². The Balaban J connectivity index is 2.23. The van der Waals surface area contributed by atoms with E-state index in [0.29, 0.717) is 12.2 Å². The topological polar surface area (TPSA) is 115 Å². The van der Waals surface area contributed by atoms with Crippen LogP contribution in [-0.4, -0.2) is 35.2 Å². The van der Waals surface area contributed by atoms with Crippen molar-refractivity contribution in [3.8, 4) is 0 Å². The summed E-state index contributed by atoms with van der Waals surface area (Å²) in [5.74, 6) is -4.10. The molecular formula is C17H24F2N3O4. The molecule has 0 saturated heterocycles. The Bertz CT molecular complexity index is 629. The molecule has 0 unspecified atom stereocenters. The Morgan fingerprint density at radius 3 is 2.62 bits per heavy atom. The number of aromatic nitrogens is 1. The third-order valence-corrected chi connectivity index (χ3v) is 3.59. The molecule has 0 bridgehead atoms. The summed E-state index contributed by atoms with van der Waals surface area (Å²) in [5.41, 5.74) is 5.06. The molecule has 1 heterocycles. The van der Waals surface area contributed by atoms with Crippen LogP contribution in [-0.2, 0) is 9.59 Å². The Morgan fingerprint density at radius 2 is 2.04 bits per heavy atom. The van der Waals surface area contributed by atoms with Crippen LogP contribution >= 0.6 is 0 Å². The van der Waals surface area contributed by atoms with Crippen LogP contribution in [0.3, 0.4) is 0 Å². The van der Waals surface area contributed by atoms with Crippen LogP contribution in [0.25, 0.3) is 0 Å². The van der Waals surface area contributed by atoms with Gasteiger partial charge in [-0.15, -0.1) is 0 Å². The Labute approximate surface area is 150 Å². The van der Waals surface area contributed by atoms with Crippen LogP contribution < -0.4 is 11.1 Å². The number of carbonyl (C=O) groups excluding carboxylic acids is 3. The molecule has 9 heteroatoms. The number of hydrogen-bond donors (Lipinski definition) is 2. The highest BCUT2D eigenvalue weighted by molar-refractivity contribution is 5.94. The molecule has 0 fully saturated rings. The van der Waals surface area contributed by atoms with Gasteiger partial charge in [-0.25, -0.2) is 8.78 Å². The zero-order chi connectivity index (χ0) is 19.7. The van der Waals surface area contributed by atoms with Gasteiger partial charge in [0, 0.05) is 44.2 Å². The van der Waals surface area contributed by atoms with Gasteiger partial charge < -0.3 is 15.6 Å². The zero-order valence-electron chi connectivity index (χ0n) is 14.9. The summed E-state index contributed by atoms with van der Waals surface area (Å²) in [6.07, 6.45) is -0.585. The Kier molecular flexibility index (Phi) is 8.34. The van der Waals surface area contributed by atoms with Gasteiger partial charge in [-0.05, 0) is 6.42 Å². The number of nitrogens with one attached hydrogen (secondary N) is 1. The quantitative estimate of drug-likeness (QED) is 0.432. The van der Waals surface area contributed by atoms with Crippen molar-refractivity contribution in [2.75, 3.05) is 6.54 Å². The van der Waals surface area contributed by atoms with E-state index in [9.17, 15) is 23.2 Å². The number of nitrogens with two attached hydrogens (primary N) is 1. The summed E-state index contributed by atoms with van der Waals surface area (Å²) in [6.45, 7) is 4.00. The molecule has 145 valence electrons. The summed E-state index contributed by atoms with van der Waals surface area (Å²) in [4.78, 5) is 34.0. The number of hydrogen-bond acceptors (Lipinski definition) is 5. The summed E-state index contributed by atoms with van der Waals surface area (Å²) in [6, 6.07) is 1.59. The van der Waals surface area contributed by atoms with Crippen molar-refractivity contribution in [2.45, 2.75) is 57.8 Å². The molecular weight excluding hydrogens is 348 g/mol. The van der Waals surface area contributed by atoms with Crippen molar-refractivity contribution < 1.29 is 27.7 Å². The number of nitrogens with zero attached hydrogens (tertiary/aromatic N) is 1. The zero-order valence-corrected chi connectivity index (χ0v) is 14.9. The third-order valence-electron chi connectivity index (χ3n) is 3.59. The van der Waals surface area contributed by atoms with E-state index in [1.807, 2.05) is 13.8 Å². The van der Waals surface area contributed by atoms with E-state index in [0.717, 1.165) is 6.42 Å². The lowest BCUT2D eigenvalue weighted by molar-refractivity contribution is -0.120. The predicted molar refractivity (Wildman–Crippen MR) is 89.5 cm³/mol. The van der Waals surface area contributed by atoms with E-state index < -0.39 is 37.0 Å². The average molecular weight is 372 g/mol. The molecule has 0 aliphatic carbocycles. The summed E-state index contributed by atoms with van der Waals surface area (Å²) in [5, 5.41) is 6.14. The fourth-order valence-electron chi connectivity index (χ4n) is 2.00. The van der Waals surface area contributed by atoms with Crippen molar-refractivity contribution in [3.05, 3.63) is 23.9 Å². The fraction of sp³-hybridized carbons (Fsp3) is 0.588. The summed E-state index contributed by atoms with van der Waals surface area (Å²) < 4.78 is 31.9. The van der Waals surface area contributed by atoms with Crippen LogP contribution in [0.5, 0.6) is 0 Å². The largest absolute Gasteiger partial charge is 0.370 e. The molecule has 0 aliphatic rings. The number of ketones is 1. The minimum atomic E-state index is -3.16. The maximum Gasteiger partial charge on any atom is 0.249 e. The molecule has 0 saturated carbocycles. The van der Waals surface area contributed by atoms with Crippen molar-refractivity contribution in [1.82, 2.24) is 10.5 Å². The third kappa shape index (κ3) is 8.17. The highest BCUT2D eigenvalue weighted by Crippen LogP contribution is 2.25. The molecule has 1 radical (unpaired) electrons. The van der Waals surface area contributed by atoms with Crippen LogP contribution in [0.4, 0.5) is 8.78 Å². The van der Waals surface area contributed by atoms with E-state index in [1.54, 1.807) is 6.07 Å². The minimum absolute atomic E-state index is 0.125. The number of halogens is 2. The second-order valence-electron chi connectivity index (χ2n) is 6.32. The van der Waals surface area contributed by atoms with Crippen LogP contribution in [0.15, 0.2) is 10.6 Å². The highest BCUT2D eigenvalue weighted by atomic mass is 19.3. The predicted octanol–water partition coefficient (Wildman–Crippen LogP) is 2.37. The molecule has 0 aliphatic heterocycles. The van der Waals surface area contributed by atoms with Crippen molar-refractivity contribution in [1.29, 1.82) is 0 Å². The second-order valence-corrected chi connectivity index (χ2v) is 6.32. The first-order valence-electron chi connectivity index (χ1n) is 8.37. The second kappa shape index (κ2) is 9.98. The standard InChI is InChI=1S/C17H24F2N3O4/c1-11(2)14-10-12(22-26-14)13(23)4-3-9-21-16(25)6-8-17(18,19)7-5-15(20)24/h6,10-11H,3-5,7-9H2,1-2H3,(H2,20,24)(H,21,25). The monoisotopic (exact) mass is 372 g/mol. The average Bonchev–Trinajstić information content (AvgIpc) is 3.05. The molecule has 1 aromatic rings. The Hall–Kier alpha value is -2.32.